The van der Waals surface area contributed by atoms with Crippen molar-refractivity contribution < 1.29 is 73.5 Å². The van der Waals surface area contributed by atoms with Gasteiger partial charge in [0.2, 0.25) is 0 Å². The van der Waals surface area contributed by atoms with E-state index in [0.717, 1.165) is 19.2 Å². The van der Waals surface area contributed by atoms with Crippen molar-refractivity contribution in [1.29, 1.82) is 0 Å². The quantitative estimate of drug-likeness (QED) is 0.464. The normalized spacial score (nSPS) is 10.6. The molecule has 0 bridgehead atoms. The second-order valence-corrected chi connectivity index (χ2v) is 2.43. The third-order valence-corrected chi connectivity index (χ3v) is 1.56. The molecule has 0 aliphatic heterocycles. The van der Waals surface area contributed by atoms with E-state index in [9.17, 15) is 17.3 Å². The third-order valence-electron chi connectivity index (χ3n) is 1.56. The van der Waals surface area contributed by atoms with Crippen LogP contribution in [0.5, 0.6) is 5.75 Å². The Morgan fingerprint density at radius 3 is 2.14 bits per heavy atom. The van der Waals surface area contributed by atoms with Gasteiger partial charge >= 0.3 is 58.4 Å². The second-order valence-electron chi connectivity index (χ2n) is 2.43. The Kier molecular flexibility index (Phi) is 5.68. The van der Waals surface area contributed by atoms with Gasteiger partial charge in [-0.25, -0.2) is 4.39 Å². The maximum Gasteiger partial charge on any atom is 1.00 e. The molecule has 0 spiro atoms. The van der Waals surface area contributed by atoms with E-state index in [4.69, 9.17) is 0 Å². The van der Waals surface area contributed by atoms with E-state index in [0.29, 0.717) is 0 Å². The smallest absolute Gasteiger partial charge is 0.500 e. The van der Waals surface area contributed by atoms with Crippen LogP contribution in [-0.4, -0.2) is 14.1 Å². The summed E-state index contributed by atoms with van der Waals surface area (Å²) >= 11 is 0. The van der Waals surface area contributed by atoms with Crippen molar-refractivity contribution in [3.63, 3.8) is 0 Å². The first-order valence-corrected chi connectivity index (χ1v) is 3.49. The van der Waals surface area contributed by atoms with Crippen molar-refractivity contribution in [2.24, 2.45) is 0 Å². The van der Waals surface area contributed by atoms with Gasteiger partial charge in [0.1, 0.15) is 0 Å². The molecule has 0 atom stereocenters. The predicted molar refractivity (Wildman–Crippen MR) is 41.7 cm³/mol. The van der Waals surface area contributed by atoms with Gasteiger partial charge in [-0.3, -0.25) is 0 Å². The summed E-state index contributed by atoms with van der Waals surface area (Å²) < 4.78 is 53.9. The minimum atomic E-state index is -5.36. The van der Waals surface area contributed by atoms with Crippen molar-refractivity contribution in [1.82, 2.24) is 0 Å². The standard InChI is InChI=1S/C7H6BF4O.K/c1-13-6-4-2-3-5(9)7(6)8(10,11)12;/h2-4H,1H3;/q-1;+1. The van der Waals surface area contributed by atoms with Gasteiger partial charge in [-0.15, -0.1) is 0 Å². The average molecular weight is 232 g/mol. The van der Waals surface area contributed by atoms with Gasteiger partial charge in [0.25, 0.3) is 0 Å². The largest absolute Gasteiger partial charge is 1.00 e. The molecule has 0 radical (unpaired) electrons. The van der Waals surface area contributed by atoms with Gasteiger partial charge < -0.3 is 17.7 Å². The minimum absolute atomic E-state index is 0. The molecule has 0 amide bonds. The summed E-state index contributed by atoms with van der Waals surface area (Å²) in [5.74, 6) is -1.78. The first-order chi connectivity index (χ1) is 5.96. The minimum Gasteiger partial charge on any atom is -0.500 e. The molecule has 0 aromatic heterocycles. The molecule has 1 aromatic rings. The fraction of sp³-hybridized carbons (Fsp3) is 0.143. The van der Waals surface area contributed by atoms with Crippen LogP contribution >= 0.6 is 0 Å². The van der Waals surface area contributed by atoms with Gasteiger partial charge in [-0.2, -0.15) is 0 Å². The fourth-order valence-electron chi connectivity index (χ4n) is 1.01. The maximum atomic E-state index is 12.7. The van der Waals surface area contributed by atoms with E-state index in [1.165, 1.54) is 6.07 Å². The molecule has 0 aliphatic rings. The Hall–Kier alpha value is 0.441. The first-order valence-electron chi connectivity index (χ1n) is 3.49. The number of halogens is 4. The Morgan fingerprint density at radius 1 is 1.21 bits per heavy atom. The van der Waals surface area contributed by atoms with E-state index >= 15 is 0 Å². The van der Waals surface area contributed by atoms with E-state index < -0.39 is 24.0 Å². The van der Waals surface area contributed by atoms with Crippen LogP contribution in [0.1, 0.15) is 0 Å². The van der Waals surface area contributed by atoms with Crippen LogP contribution in [0.4, 0.5) is 17.3 Å². The van der Waals surface area contributed by atoms with Crippen LogP contribution in [0.25, 0.3) is 0 Å². The molecule has 1 rings (SSSR count). The van der Waals surface area contributed by atoms with E-state index in [2.05, 4.69) is 4.74 Å². The number of hydrogen-bond donors (Lipinski definition) is 0. The summed E-state index contributed by atoms with van der Waals surface area (Å²) in [6.45, 7) is -5.36. The first kappa shape index (κ1) is 14.4. The fourth-order valence-corrected chi connectivity index (χ4v) is 1.01. The molecule has 1 nitrogen and oxygen atoms in total. The molecule has 14 heavy (non-hydrogen) atoms. The zero-order valence-electron chi connectivity index (χ0n) is 7.73. The maximum absolute atomic E-state index is 12.7. The van der Waals surface area contributed by atoms with Gasteiger partial charge in [-0.1, -0.05) is 6.07 Å². The summed E-state index contributed by atoms with van der Waals surface area (Å²) in [6, 6.07) is 3.00. The van der Waals surface area contributed by atoms with Crippen molar-refractivity contribution in [2.75, 3.05) is 7.11 Å². The summed E-state index contributed by atoms with van der Waals surface area (Å²) in [6.07, 6.45) is 0. The van der Waals surface area contributed by atoms with Crippen molar-refractivity contribution in [3.8, 4) is 5.75 Å². The van der Waals surface area contributed by atoms with Gasteiger partial charge in [0.05, 0.1) is 18.7 Å². The number of ether oxygens (including phenoxy) is 1. The topological polar surface area (TPSA) is 9.23 Å². The van der Waals surface area contributed by atoms with Crippen LogP contribution in [0.2, 0.25) is 0 Å². The summed E-state index contributed by atoms with van der Waals surface area (Å²) in [4.78, 5) is 0. The predicted octanol–water partition coefficient (Wildman–Crippen LogP) is -1.11. The van der Waals surface area contributed by atoms with E-state index in [1.54, 1.807) is 0 Å². The monoisotopic (exact) mass is 232 g/mol. The van der Waals surface area contributed by atoms with Crippen LogP contribution in [-0.2, 0) is 0 Å². The second kappa shape index (κ2) is 5.50. The van der Waals surface area contributed by atoms with Crippen LogP contribution in [0.3, 0.4) is 0 Å². The molecular formula is C7H6BF4KO. The molecule has 0 fully saturated rings. The SMILES string of the molecule is COc1cccc(F)c1[B-](F)(F)F.[K+]. The van der Waals surface area contributed by atoms with Crippen LogP contribution in [0.15, 0.2) is 18.2 Å². The summed E-state index contributed by atoms with van der Waals surface area (Å²) in [5, 5.41) is 0. The van der Waals surface area contributed by atoms with E-state index in [-0.39, 0.29) is 51.4 Å². The average Bonchev–Trinajstić information content (AvgIpc) is 2.01. The van der Waals surface area contributed by atoms with Crippen molar-refractivity contribution in [2.45, 2.75) is 0 Å². The molecule has 0 N–H and O–H groups in total. The van der Waals surface area contributed by atoms with Gasteiger partial charge in [-0.05, 0) is 17.6 Å². The van der Waals surface area contributed by atoms with E-state index in [1.807, 2.05) is 0 Å². The molecule has 0 unspecified atom stereocenters. The third kappa shape index (κ3) is 3.23. The Bertz CT molecular complexity index is 315. The number of hydrogen-bond acceptors (Lipinski definition) is 1. The van der Waals surface area contributed by atoms with Crippen molar-refractivity contribution in [3.05, 3.63) is 24.0 Å². The molecule has 0 aliphatic carbocycles. The molecule has 0 heterocycles. The molecule has 7 heteroatoms. The van der Waals surface area contributed by atoms with Gasteiger partial charge in [0, 0.05) is 0 Å². The molecule has 0 saturated heterocycles. The summed E-state index contributed by atoms with van der Waals surface area (Å²) in [7, 11) is 1.07. The van der Waals surface area contributed by atoms with Crippen LogP contribution < -0.4 is 61.6 Å². The Balaban J connectivity index is 0.00000169. The summed E-state index contributed by atoms with van der Waals surface area (Å²) in [5.41, 5.74) is -1.30. The van der Waals surface area contributed by atoms with Gasteiger partial charge in [0.15, 0.2) is 0 Å². The number of benzene rings is 1. The molecule has 0 saturated carbocycles. The Morgan fingerprint density at radius 2 is 1.79 bits per heavy atom. The molecule has 1 aromatic carbocycles. The zero-order valence-corrected chi connectivity index (χ0v) is 10.9. The zero-order chi connectivity index (χ0) is 10.1. The molecule has 72 valence electrons. The molecular weight excluding hydrogens is 226 g/mol. The van der Waals surface area contributed by atoms with Crippen molar-refractivity contribution >= 4 is 12.4 Å². The number of rotatable bonds is 2. The Labute approximate surface area is 121 Å². The van der Waals surface area contributed by atoms with Crippen LogP contribution in [0, 0.1) is 5.82 Å². The number of methoxy groups -OCH3 is 1.